The molecule has 3 nitrogen and oxygen atoms in total. The molecular formula is C14H13NO2. The van der Waals surface area contributed by atoms with E-state index in [0.717, 1.165) is 22.9 Å². The second kappa shape index (κ2) is 4.18. The Bertz CT molecular complexity index is 572. The third kappa shape index (κ3) is 1.78. The zero-order chi connectivity index (χ0) is 11.7. The summed E-state index contributed by atoms with van der Waals surface area (Å²) < 4.78 is 5.40. The van der Waals surface area contributed by atoms with Crippen LogP contribution in [0.5, 0.6) is 0 Å². The fourth-order valence-corrected chi connectivity index (χ4v) is 2.13. The van der Waals surface area contributed by atoms with Crippen molar-refractivity contribution in [2.45, 2.75) is 12.5 Å². The molecule has 1 aromatic carbocycles. The normalized spacial score (nSPS) is 16.6. The quantitative estimate of drug-likeness (QED) is 0.857. The molecule has 2 aromatic rings. The Hall–Kier alpha value is -1.87. The first-order valence-corrected chi connectivity index (χ1v) is 5.71. The molecule has 2 heterocycles. The maximum atomic E-state index is 10.3. The molecule has 1 aliphatic heterocycles. The highest BCUT2D eigenvalue weighted by atomic mass is 16.5. The lowest BCUT2D eigenvalue weighted by atomic mass is 10.0. The highest BCUT2D eigenvalue weighted by molar-refractivity contribution is 5.82. The molecule has 17 heavy (non-hydrogen) atoms. The molecule has 0 aliphatic carbocycles. The molecule has 0 amide bonds. The fraction of sp³-hybridized carbons (Fsp3) is 0.214. The van der Waals surface area contributed by atoms with Crippen LogP contribution in [0.3, 0.4) is 0 Å². The summed E-state index contributed by atoms with van der Waals surface area (Å²) in [6, 6.07) is 9.69. The van der Waals surface area contributed by atoms with Crippen LogP contribution >= 0.6 is 0 Å². The van der Waals surface area contributed by atoms with Crippen molar-refractivity contribution in [1.29, 1.82) is 0 Å². The maximum absolute atomic E-state index is 10.3. The van der Waals surface area contributed by atoms with Gasteiger partial charge in [0.15, 0.2) is 0 Å². The summed E-state index contributed by atoms with van der Waals surface area (Å²) in [4.78, 5) is 4.33. The molecule has 0 spiro atoms. The van der Waals surface area contributed by atoms with E-state index in [1.165, 1.54) is 0 Å². The SMILES string of the molecule is OC(C1=CCCO1)c1cccc2cccnc12. The van der Waals surface area contributed by atoms with Gasteiger partial charge in [0, 0.05) is 23.6 Å². The largest absolute Gasteiger partial charge is 0.495 e. The van der Waals surface area contributed by atoms with Crippen molar-refractivity contribution in [3.8, 4) is 0 Å². The van der Waals surface area contributed by atoms with E-state index in [-0.39, 0.29) is 0 Å². The summed E-state index contributed by atoms with van der Waals surface area (Å²) >= 11 is 0. The minimum Gasteiger partial charge on any atom is -0.495 e. The lowest BCUT2D eigenvalue weighted by Gasteiger charge is -2.14. The average molecular weight is 227 g/mol. The molecule has 3 rings (SSSR count). The molecule has 3 heteroatoms. The number of rotatable bonds is 2. The van der Waals surface area contributed by atoms with Crippen LogP contribution in [0.15, 0.2) is 48.4 Å². The van der Waals surface area contributed by atoms with E-state index < -0.39 is 6.10 Å². The van der Waals surface area contributed by atoms with Crippen molar-refractivity contribution < 1.29 is 9.84 Å². The number of ether oxygens (including phenoxy) is 1. The van der Waals surface area contributed by atoms with E-state index in [2.05, 4.69) is 4.98 Å². The van der Waals surface area contributed by atoms with Crippen LogP contribution in [0.4, 0.5) is 0 Å². The zero-order valence-corrected chi connectivity index (χ0v) is 9.34. The highest BCUT2D eigenvalue weighted by Gasteiger charge is 2.20. The summed E-state index contributed by atoms with van der Waals surface area (Å²) in [5, 5.41) is 11.3. The first-order chi connectivity index (χ1) is 8.36. The number of aliphatic hydroxyl groups excluding tert-OH is 1. The first-order valence-electron chi connectivity index (χ1n) is 5.71. The van der Waals surface area contributed by atoms with Gasteiger partial charge >= 0.3 is 0 Å². The zero-order valence-electron chi connectivity index (χ0n) is 9.34. The van der Waals surface area contributed by atoms with Crippen LogP contribution in [0, 0.1) is 0 Å². The number of para-hydroxylation sites is 1. The Morgan fingerprint density at radius 3 is 2.94 bits per heavy atom. The van der Waals surface area contributed by atoms with E-state index in [9.17, 15) is 5.11 Å². The van der Waals surface area contributed by atoms with Crippen LogP contribution in [0.2, 0.25) is 0 Å². The molecule has 0 bridgehead atoms. The van der Waals surface area contributed by atoms with Gasteiger partial charge in [-0.3, -0.25) is 4.98 Å². The van der Waals surface area contributed by atoms with Gasteiger partial charge in [-0.2, -0.15) is 0 Å². The Morgan fingerprint density at radius 1 is 1.24 bits per heavy atom. The molecule has 0 radical (unpaired) electrons. The van der Waals surface area contributed by atoms with Gasteiger partial charge in [-0.1, -0.05) is 24.3 Å². The lowest BCUT2D eigenvalue weighted by Crippen LogP contribution is -2.03. The topological polar surface area (TPSA) is 42.4 Å². The average Bonchev–Trinajstić information content (AvgIpc) is 2.91. The summed E-state index contributed by atoms with van der Waals surface area (Å²) in [6.07, 6.45) is 3.83. The van der Waals surface area contributed by atoms with Crippen LogP contribution in [-0.2, 0) is 4.74 Å². The van der Waals surface area contributed by atoms with E-state index in [0.29, 0.717) is 12.4 Å². The molecule has 0 fully saturated rings. The van der Waals surface area contributed by atoms with Crippen molar-refractivity contribution in [3.63, 3.8) is 0 Å². The number of nitrogens with zero attached hydrogens (tertiary/aromatic N) is 1. The van der Waals surface area contributed by atoms with E-state index in [1.54, 1.807) is 6.20 Å². The number of pyridine rings is 1. The lowest BCUT2D eigenvalue weighted by molar-refractivity contribution is 0.120. The molecule has 0 saturated heterocycles. The minimum absolute atomic E-state index is 0.642. The summed E-state index contributed by atoms with van der Waals surface area (Å²) in [6.45, 7) is 0.657. The summed E-state index contributed by atoms with van der Waals surface area (Å²) in [5.41, 5.74) is 1.63. The number of aromatic nitrogens is 1. The van der Waals surface area contributed by atoms with Crippen molar-refractivity contribution >= 4 is 10.9 Å². The Balaban J connectivity index is 2.10. The van der Waals surface area contributed by atoms with Crippen molar-refractivity contribution in [1.82, 2.24) is 4.98 Å². The predicted molar refractivity (Wildman–Crippen MR) is 65.4 cm³/mol. The number of hydrogen-bond donors (Lipinski definition) is 1. The molecule has 86 valence electrons. The first kappa shape index (κ1) is 10.3. The number of aliphatic hydroxyl groups is 1. The van der Waals surface area contributed by atoms with E-state index in [1.807, 2.05) is 36.4 Å². The second-order valence-electron chi connectivity index (χ2n) is 4.07. The van der Waals surface area contributed by atoms with Crippen LogP contribution < -0.4 is 0 Å². The Labute approximate surface area is 99.4 Å². The highest BCUT2D eigenvalue weighted by Crippen LogP contribution is 2.30. The fourth-order valence-electron chi connectivity index (χ4n) is 2.13. The Kier molecular flexibility index (Phi) is 2.53. The van der Waals surface area contributed by atoms with Gasteiger partial charge in [0.05, 0.1) is 12.1 Å². The summed E-state index contributed by atoms with van der Waals surface area (Å²) in [7, 11) is 0. The van der Waals surface area contributed by atoms with E-state index >= 15 is 0 Å². The number of hydrogen-bond acceptors (Lipinski definition) is 3. The van der Waals surface area contributed by atoms with Gasteiger partial charge in [-0.05, 0) is 12.1 Å². The molecular weight excluding hydrogens is 214 g/mol. The summed E-state index contributed by atoms with van der Waals surface area (Å²) in [5.74, 6) is 0.642. The van der Waals surface area contributed by atoms with Gasteiger partial charge < -0.3 is 9.84 Å². The molecule has 1 atom stereocenters. The third-order valence-corrected chi connectivity index (χ3v) is 2.96. The van der Waals surface area contributed by atoms with Crippen molar-refractivity contribution in [2.24, 2.45) is 0 Å². The molecule has 1 N–H and O–H groups in total. The number of fused-ring (bicyclic) bond motifs is 1. The standard InChI is InChI=1S/C14H13NO2/c16-14(12-7-3-9-17-12)11-6-1-4-10-5-2-8-15-13(10)11/h1-2,4-8,14,16H,3,9H2. The number of benzene rings is 1. The minimum atomic E-state index is -0.712. The molecule has 1 aliphatic rings. The van der Waals surface area contributed by atoms with Gasteiger partial charge in [0.25, 0.3) is 0 Å². The van der Waals surface area contributed by atoms with Crippen molar-refractivity contribution in [2.75, 3.05) is 6.61 Å². The van der Waals surface area contributed by atoms with Crippen LogP contribution in [0.25, 0.3) is 10.9 Å². The maximum Gasteiger partial charge on any atom is 0.138 e. The smallest absolute Gasteiger partial charge is 0.138 e. The molecule has 1 aromatic heterocycles. The third-order valence-electron chi connectivity index (χ3n) is 2.96. The van der Waals surface area contributed by atoms with Gasteiger partial charge in [0.1, 0.15) is 11.9 Å². The van der Waals surface area contributed by atoms with Crippen LogP contribution in [0.1, 0.15) is 18.1 Å². The molecule has 1 unspecified atom stereocenters. The van der Waals surface area contributed by atoms with Gasteiger partial charge in [-0.15, -0.1) is 0 Å². The van der Waals surface area contributed by atoms with Gasteiger partial charge in [-0.25, -0.2) is 0 Å². The Morgan fingerprint density at radius 2 is 2.12 bits per heavy atom. The monoisotopic (exact) mass is 227 g/mol. The predicted octanol–water partition coefficient (Wildman–Crippen LogP) is 2.57. The molecule has 0 saturated carbocycles. The van der Waals surface area contributed by atoms with Crippen LogP contribution in [-0.4, -0.2) is 16.7 Å². The van der Waals surface area contributed by atoms with Gasteiger partial charge in [0.2, 0.25) is 0 Å². The second-order valence-corrected chi connectivity index (χ2v) is 4.07. The van der Waals surface area contributed by atoms with E-state index in [4.69, 9.17) is 4.74 Å². The van der Waals surface area contributed by atoms with Crippen molar-refractivity contribution in [3.05, 3.63) is 53.9 Å².